The Labute approximate surface area is 118 Å². The molecule has 0 bridgehead atoms. The number of nitrogens with zero attached hydrogens (tertiary/aromatic N) is 1. The van der Waals surface area contributed by atoms with Gasteiger partial charge in [-0.2, -0.15) is 0 Å². The molecule has 2 aliphatic rings. The van der Waals surface area contributed by atoms with E-state index >= 15 is 0 Å². The monoisotopic (exact) mass is 282 g/mol. The summed E-state index contributed by atoms with van der Waals surface area (Å²) in [5.74, 6) is -0.335. The van der Waals surface area contributed by atoms with Crippen molar-refractivity contribution in [3.8, 4) is 0 Å². The predicted octanol–water partition coefficient (Wildman–Crippen LogP) is 2.14. The minimum atomic E-state index is -0.335. The van der Waals surface area contributed by atoms with Crippen molar-refractivity contribution in [2.45, 2.75) is 25.2 Å². The number of ether oxygens (including phenoxy) is 2. The Balaban J connectivity index is 1.76. The average Bonchev–Trinajstić information content (AvgIpc) is 2.88. The smallest absolute Gasteiger partial charge is 0.171 e. The molecule has 4 nitrogen and oxygen atoms in total. The zero-order valence-electron chi connectivity index (χ0n) is 10.9. The van der Waals surface area contributed by atoms with Crippen LogP contribution in [-0.2, 0) is 16.0 Å². The highest BCUT2D eigenvalue weighted by Crippen LogP contribution is 2.34. The normalized spacial score (nSPS) is 22.1. The second kappa shape index (κ2) is 5.29. The summed E-state index contributed by atoms with van der Waals surface area (Å²) in [7, 11) is 0. The molecule has 104 valence electrons. The summed E-state index contributed by atoms with van der Waals surface area (Å²) in [5, 5.41) is 0.751. The highest BCUT2D eigenvalue weighted by Gasteiger charge is 2.40. The van der Waals surface area contributed by atoms with Crippen LogP contribution in [0.5, 0.6) is 0 Å². The molecule has 2 aliphatic heterocycles. The van der Waals surface area contributed by atoms with Crippen LogP contribution in [0.3, 0.4) is 0 Å². The molecule has 1 aromatic carbocycles. The molecule has 1 spiro atoms. The quantitative estimate of drug-likeness (QED) is 0.903. The molecule has 0 atom stereocenters. The topological polar surface area (TPSA) is 47.7 Å². The first-order valence-corrected chi connectivity index (χ1v) is 7.12. The maximum absolute atomic E-state index is 6.10. The third kappa shape index (κ3) is 2.58. The summed E-state index contributed by atoms with van der Waals surface area (Å²) in [6.45, 7) is 3.78. The number of hydrogen-bond donors (Lipinski definition) is 1. The number of nitrogens with two attached hydrogens (primary N) is 1. The van der Waals surface area contributed by atoms with Crippen molar-refractivity contribution in [1.82, 2.24) is 0 Å². The summed E-state index contributed by atoms with van der Waals surface area (Å²) < 4.78 is 11.5. The van der Waals surface area contributed by atoms with Gasteiger partial charge in [0.15, 0.2) is 5.79 Å². The van der Waals surface area contributed by atoms with Gasteiger partial charge in [-0.1, -0.05) is 17.7 Å². The maximum atomic E-state index is 6.10. The molecule has 0 aliphatic carbocycles. The molecule has 19 heavy (non-hydrogen) atoms. The lowest BCUT2D eigenvalue weighted by atomic mass is 10.0. The van der Waals surface area contributed by atoms with E-state index in [0.717, 1.165) is 42.2 Å². The first-order valence-electron chi connectivity index (χ1n) is 6.74. The van der Waals surface area contributed by atoms with Gasteiger partial charge < -0.3 is 20.1 Å². The van der Waals surface area contributed by atoms with E-state index in [9.17, 15) is 0 Å². The Morgan fingerprint density at radius 2 is 1.89 bits per heavy atom. The third-order valence-electron chi connectivity index (χ3n) is 3.95. The average molecular weight is 283 g/mol. The van der Waals surface area contributed by atoms with Crippen molar-refractivity contribution in [3.05, 3.63) is 28.8 Å². The van der Waals surface area contributed by atoms with Gasteiger partial charge in [-0.05, 0) is 17.7 Å². The summed E-state index contributed by atoms with van der Waals surface area (Å²) in [5.41, 5.74) is 8.08. The number of rotatable bonds is 2. The molecule has 0 unspecified atom stereocenters. The Hall–Kier alpha value is -0.810. The van der Waals surface area contributed by atoms with E-state index in [1.807, 2.05) is 18.2 Å². The molecule has 1 aromatic rings. The fourth-order valence-electron chi connectivity index (χ4n) is 2.88. The Morgan fingerprint density at radius 1 is 1.21 bits per heavy atom. The van der Waals surface area contributed by atoms with Gasteiger partial charge in [0.25, 0.3) is 0 Å². The standard InChI is InChI=1S/C14H19ClN2O2/c15-12-2-1-11(10-16)13(9-12)17-5-3-14(4-6-17)18-7-8-19-14/h1-2,9H,3-8,10,16H2. The number of hydrogen-bond acceptors (Lipinski definition) is 4. The van der Waals surface area contributed by atoms with Crippen molar-refractivity contribution in [2.75, 3.05) is 31.2 Å². The van der Waals surface area contributed by atoms with Crippen molar-refractivity contribution < 1.29 is 9.47 Å². The minimum absolute atomic E-state index is 0.335. The van der Waals surface area contributed by atoms with Crippen molar-refractivity contribution in [1.29, 1.82) is 0 Å². The van der Waals surface area contributed by atoms with Gasteiger partial charge in [0, 0.05) is 43.2 Å². The van der Waals surface area contributed by atoms with E-state index < -0.39 is 0 Å². The van der Waals surface area contributed by atoms with Gasteiger partial charge in [0.1, 0.15) is 0 Å². The first kappa shape index (κ1) is 13.2. The molecule has 0 amide bonds. The van der Waals surface area contributed by atoms with Gasteiger partial charge in [0.05, 0.1) is 13.2 Å². The Kier molecular flexibility index (Phi) is 3.67. The van der Waals surface area contributed by atoms with Crippen LogP contribution in [0.4, 0.5) is 5.69 Å². The number of benzene rings is 1. The number of piperidine rings is 1. The summed E-state index contributed by atoms with van der Waals surface area (Å²) in [6, 6.07) is 5.89. The first-order chi connectivity index (χ1) is 9.22. The molecule has 0 radical (unpaired) electrons. The molecule has 2 heterocycles. The van der Waals surface area contributed by atoms with Gasteiger partial charge in [0.2, 0.25) is 0 Å². The van der Waals surface area contributed by atoms with E-state index in [1.54, 1.807) is 0 Å². The van der Waals surface area contributed by atoms with Crippen molar-refractivity contribution >= 4 is 17.3 Å². The zero-order chi connectivity index (χ0) is 13.3. The van der Waals surface area contributed by atoms with Gasteiger partial charge in [-0.25, -0.2) is 0 Å². The van der Waals surface area contributed by atoms with Gasteiger partial charge in [-0.15, -0.1) is 0 Å². The van der Waals surface area contributed by atoms with Crippen LogP contribution >= 0.6 is 11.6 Å². The van der Waals surface area contributed by atoms with Crippen LogP contribution in [0, 0.1) is 0 Å². The highest BCUT2D eigenvalue weighted by molar-refractivity contribution is 6.30. The maximum Gasteiger partial charge on any atom is 0.171 e. The van der Waals surface area contributed by atoms with Crippen LogP contribution in [0.15, 0.2) is 18.2 Å². The highest BCUT2D eigenvalue weighted by atomic mass is 35.5. The molecular weight excluding hydrogens is 264 g/mol. The van der Waals surface area contributed by atoms with E-state index in [4.69, 9.17) is 26.8 Å². The van der Waals surface area contributed by atoms with Crippen LogP contribution in [0.25, 0.3) is 0 Å². The van der Waals surface area contributed by atoms with Gasteiger partial charge >= 0.3 is 0 Å². The molecule has 2 saturated heterocycles. The molecule has 3 rings (SSSR count). The third-order valence-corrected chi connectivity index (χ3v) is 4.18. The van der Waals surface area contributed by atoms with Crippen LogP contribution in [0.1, 0.15) is 18.4 Å². The van der Waals surface area contributed by atoms with Crippen molar-refractivity contribution in [3.63, 3.8) is 0 Å². The summed E-state index contributed by atoms with van der Waals surface area (Å²) >= 11 is 6.10. The molecular formula is C14H19ClN2O2. The zero-order valence-corrected chi connectivity index (χ0v) is 11.7. The van der Waals surface area contributed by atoms with Crippen molar-refractivity contribution in [2.24, 2.45) is 5.73 Å². The van der Waals surface area contributed by atoms with E-state index in [0.29, 0.717) is 19.8 Å². The SMILES string of the molecule is NCc1ccc(Cl)cc1N1CCC2(CC1)OCCO2. The number of halogens is 1. The van der Waals surface area contributed by atoms with Crippen LogP contribution in [-0.4, -0.2) is 32.1 Å². The Morgan fingerprint density at radius 3 is 2.53 bits per heavy atom. The molecule has 0 aromatic heterocycles. The second-order valence-electron chi connectivity index (χ2n) is 5.07. The molecule has 5 heteroatoms. The van der Waals surface area contributed by atoms with E-state index in [2.05, 4.69) is 4.90 Å². The lowest BCUT2D eigenvalue weighted by molar-refractivity contribution is -0.169. The second-order valence-corrected chi connectivity index (χ2v) is 5.51. The lowest BCUT2D eigenvalue weighted by Crippen LogP contribution is -2.45. The number of anilines is 1. The largest absolute Gasteiger partial charge is 0.371 e. The lowest BCUT2D eigenvalue weighted by Gasteiger charge is -2.39. The fraction of sp³-hybridized carbons (Fsp3) is 0.571. The van der Waals surface area contributed by atoms with E-state index in [-0.39, 0.29) is 5.79 Å². The van der Waals surface area contributed by atoms with E-state index in [1.165, 1.54) is 0 Å². The van der Waals surface area contributed by atoms with Crippen LogP contribution < -0.4 is 10.6 Å². The van der Waals surface area contributed by atoms with Gasteiger partial charge in [-0.3, -0.25) is 0 Å². The Bertz CT molecular complexity index is 451. The molecule has 2 N–H and O–H groups in total. The van der Waals surface area contributed by atoms with Crippen LogP contribution in [0.2, 0.25) is 5.02 Å². The fourth-order valence-corrected chi connectivity index (χ4v) is 3.04. The summed E-state index contributed by atoms with van der Waals surface area (Å²) in [4.78, 5) is 2.32. The molecule has 2 fully saturated rings. The minimum Gasteiger partial charge on any atom is -0.371 e. The summed E-state index contributed by atoms with van der Waals surface area (Å²) in [6.07, 6.45) is 1.78. The molecule has 0 saturated carbocycles. The predicted molar refractivity (Wildman–Crippen MR) is 75.4 cm³/mol.